The third kappa shape index (κ3) is 2.95. The Balaban J connectivity index is 1.63. The fraction of sp³-hybridized carbons (Fsp3) is 0.273. The van der Waals surface area contributed by atoms with E-state index in [4.69, 9.17) is 0 Å². The molecule has 6 heterocycles. The fourth-order valence-corrected chi connectivity index (χ4v) is 15.7. The molecule has 0 saturated heterocycles. The molecule has 6 rings (SSSR count). The van der Waals surface area contributed by atoms with Crippen molar-refractivity contribution >= 4 is 131 Å². The van der Waals surface area contributed by atoms with Crippen LogP contribution in [0.15, 0.2) is 22.9 Å². The van der Waals surface area contributed by atoms with Crippen molar-refractivity contribution in [3.63, 3.8) is 0 Å². The molecular weight excluding hydrogens is 513 g/mol. The van der Waals surface area contributed by atoms with Gasteiger partial charge in [-0.1, -0.05) is 39.3 Å². The zero-order chi connectivity index (χ0) is 21.0. The normalized spacial score (nSPS) is 13.7. The van der Waals surface area contributed by atoms with Gasteiger partial charge in [0.2, 0.25) is 0 Å². The summed E-state index contributed by atoms with van der Waals surface area (Å²) >= 11 is 12.0. The molecule has 0 spiro atoms. The summed E-state index contributed by atoms with van der Waals surface area (Å²) in [4.78, 5) is 0. The van der Waals surface area contributed by atoms with Crippen molar-refractivity contribution in [3.8, 4) is 11.1 Å². The summed E-state index contributed by atoms with van der Waals surface area (Å²) in [5.41, 5.74) is 2.94. The average molecular weight is 535 g/mol. The van der Waals surface area contributed by atoms with E-state index in [0.29, 0.717) is 0 Å². The van der Waals surface area contributed by atoms with Crippen LogP contribution in [0.3, 0.4) is 0 Å². The average Bonchev–Trinajstić information content (AvgIpc) is 3.39. The first-order chi connectivity index (χ1) is 14.1. The maximum atomic E-state index is 2.53. The summed E-state index contributed by atoms with van der Waals surface area (Å²) in [7, 11) is -2.55. The van der Waals surface area contributed by atoms with Crippen LogP contribution in [0.5, 0.6) is 0 Å². The van der Waals surface area contributed by atoms with E-state index in [1.807, 2.05) is 45.3 Å². The monoisotopic (exact) mass is 534 g/mol. The molecule has 0 bridgehead atoms. The van der Waals surface area contributed by atoms with Crippen molar-refractivity contribution in [1.82, 2.24) is 0 Å². The summed E-state index contributed by atoms with van der Waals surface area (Å²) in [6.45, 7) is 14.8. The van der Waals surface area contributed by atoms with Crippen LogP contribution >= 0.6 is 68.0 Å². The van der Waals surface area contributed by atoms with E-state index < -0.39 is 16.1 Å². The largest absolute Gasteiger partial charge is 0.143 e. The highest BCUT2D eigenvalue weighted by molar-refractivity contribution is 7.51. The fourth-order valence-electron chi connectivity index (χ4n) is 3.87. The van der Waals surface area contributed by atoms with Crippen LogP contribution in [0.25, 0.3) is 48.7 Å². The van der Waals surface area contributed by atoms with Gasteiger partial charge in [0, 0.05) is 42.7 Å². The molecule has 8 heteroatoms. The summed E-state index contributed by atoms with van der Waals surface area (Å²) in [5.74, 6) is 0. The standard InChI is InChI=1S/C22H22S6Si2/c1-29(2,3)15-7-11-17-12(9-23-21(17)28-20(11)27-15)13-10-24-22-18(13)19-14(25-22)8-16(26-19)30(4,5)6/h7-10H,1-6H3. The van der Waals surface area contributed by atoms with Crippen LogP contribution in [-0.2, 0) is 0 Å². The van der Waals surface area contributed by atoms with Crippen molar-refractivity contribution in [3.05, 3.63) is 22.9 Å². The molecule has 0 aromatic carbocycles. The Labute approximate surface area is 202 Å². The maximum absolute atomic E-state index is 2.53. The third-order valence-electron chi connectivity index (χ3n) is 5.56. The van der Waals surface area contributed by atoms with Gasteiger partial charge < -0.3 is 0 Å². The van der Waals surface area contributed by atoms with Crippen molar-refractivity contribution in [2.75, 3.05) is 0 Å². The van der Waals surface area contributed by atoms with Gasteiger partial charge in [-0.3, -0.25) is 0 Å². The molecule has 0 aliphatic heterocycles. The minimum atomic E-state index is -1.28. The van der Waals surface area contributed by atoms with E-state index in [0.717, 1.165) is 0 Å². The van der Waals surface area contributed by atoms with Crippen LogP contribution in [0, 0.1) is 0 Å². The van der Waals surface area contributed by atoms with Crippen LogP contribution in [0.4, 0.5) is 0 Å². The van der Waals surface area contributed by atoms with E-state index in [1.165, 1.54) is 48.7 Å². The lowest BCUT2D eigenvalue weighted by atomic mass is 10.1. The van der Waals surface area contributed by atoms with Crippen LogP contribution in [-0.4, -0.2) is 16.1 Å². The van der Waals surface area contributed by atoms with Gasteiger partial charge in [-0.15, -0.1) is 68.0 Å². The smallest absolute Gasteiger partial charge is 0.0904 e. The second-order valence-electron chi connectivity index (χ2n) is 9.94. The molecule has 6 aromatic rings. The minimum Gasteiger partial charge on any atom is -0.143 e. The van der Waals surface area contributed by atoms with Crippen LogP contribution in [0.1, 0.15) is 0 Å². The van der Waals surface area contributed by atoms with E-state index >= 15 is 0 Å². The molecule has 0 amide bonds. The molecular formula is C22H22S6Si2. The van der Waals surface area contributed by atoms with Crippen molar-refractivity contribution in [2.24, 2.45) is 0 Å². The van der Waals surface area contributed by atoms with Gasteiger partial charge in [0.1, 0.15) is 0 Å². The SMILES string of the molecule is C[Si](C)(C)c1cc2c(s1)sc1scc(-c3csc4sc5cc([Si](C)(C)C)sc5c34)c12. The van der Waals surface area contributed by atoms with Crippen molar-refractivity contribution in [1.29, 1.82) is 0 Å². The Hall–Kier alpha value is -0.326. The molecule has 0 N–H and O–H groups in total. The zero-order valence-corrected chi connectivity index (χ0v) is 24.7. The van der Waals surface area contributed by atoms with E-state index in [1.54, 1.807) is 9.00 Å². The lowest BCUT2D eigenvalue weighted by Gasteiger charge is -2.12. The Bertz CT molecular complexity index is 1450. The van der Waals surface area contributed by atoms with Crippen molar-refractivity contribution < 1.29 is 0 Å². The lowest BCUT2D eigenvalue weighted by Crippen LogP contribution is -2.34. The molecule has 0 atom stereocenters. The Morgan fingerprint density at radius 1 is 0.600 bits per heavy atom. The van der Waals surface area contributed by atoms with Gasteiger partial charge in [0.25, 0.3) is 0 Å². The lowest BCUT2D eigenvalue weighted by molar-refractivity contribution is 1.79. The van der Waals surface area contributed by atoms with Crippen LogP contribution < -0.4 is 9.00 Å². The quantitative estimate of drug-likeness (QED) is 0.198. The predicted octanol–water partition coefficient (Wildman–Crippen LogP) is 9.43. The Kier molecular flexibility index (Phi) is 4.47. The first-order valence-electron chi connectivity index (χ1n) is 9.99. The maximum Gasteiger partial charge on any atom is 0.0904 e. The molecule has 6 aromatic heterocycles. The molecule has 154 valence electrons. The van der Waals surface area contributed by atoms with Crippen LogP contribution in [0.2, 0.25) is 39.3 Å². The number of thiophene rings is 6. The summed E-state index contributed by atoms with van der Waals surface area (Å²) in [6.07, 6.45) is 0. The summed E-state index contributed by atoms with van der Waals surface area (Å²) in [6, 6.07) is 5.03. The van der Waals surface area contributed by atoms with E-state index in [2.05, 4.69) is 84.8 Å². The number of fused-ring (bicyclic) bond motifs is 6. The number of rotatable bonds is 3. The molecule has 0 fully saturated rings. The first-order valence-corrected chi connectivity index (χ1v) is 22.0. The van der Waals surface area contributed by atoms with Gasteiger partial charge in [-0.25, -0.2) is 0 Å². The van der Waals surface area contributed by atoms with Gasteiger partial charge in [-0.2, -0.15) is 0 Å². The van der Waals surface area contributed by atoms with E-state index in [-0.39, 0.29) is 0 Å². The second-order valence-corrected chi connectivity index (χ2v) is 27.5. The molecule has 0 nitrogen and oxygen atoms in total. The summed E-state index contributed by atoms with van der Waals surface area (Å²) < 4.78 is 10.8. The molecule has 0 aliphatic carbocycles. The first kappa shape index (κ1) is 20.3. The molecule has 30 heavy (non-hydrogen) atoms. The second kappa shape index (κ2) is 6.60. The number of hydrogen-bond donors (Lipinski definition) is 0. The predicted molar refractivity (Wildman–Crippen MR) is 155 cm³/mol. The van der Waals surface area contributed by atoms with Crippen molar-refractivity contribution in [2.45, 2.75) is 39.3 Å². The summed E-state index contributed by atoms with van der Waals surface area (Å²) in [5, 5.41) is 9.39. The molecule has 0 radical (unpaired) electrons. The third-order valence-corrected chi connectivity index (χ3v) is 19.8. The van der Waals surface area contributed by atoms with Gasteiger partial charge in [0.15, 0.2) is 0 Å². The highest BCUT2D eigenvalue weighted by Crippen LogP contribution is 2.51. The minimum absolute atomic E-state index is 1.28. The topological polar surface area (TPSA) is 0 Å². The number of hydrogen-bond acceptors (Lipinski definition) is 6. The van der Waals surface area contributed by atoms with Gasteiger partial charge in [-0.05, 0) is 21.1 Å². The molecule has 0 unspecified atom stereocenters. The zero-order valence-electron chi connectivity index (χ0n) is 17.8. The Morgan fingerprint density at radius 2 is 1.20 bits per heavy atom. The molecule has 0 aliphatic rings. The van der Waals surface area contributed by atoms with Gasteiger partial charge >= 0.3 is 0 Å². The molecule has 0 saturated carbocycles. The van der Waals surface area contributed by atoms with Gasteiger partial charge in [0.05, 0.1) is 32.9 Å². The highest BCUT2D eigenvalue weighted by Gasteiger charge is 2.26. The highest BCUT2D eigenvalue weighted by atomic mass is 32.2. The Morgan fingerprint density at radius 3 is 1.87 bits per heavy atom. The van der Waals surface area contributed by atoms with E-state index in [9.17, 15) is 0 Å².